The fraction of sp³-hybridized carbons (Fsp3) is 0.357. The van der Waals surface area contributed by atoms with E-state index in [1.54, 1.807) is 10.6 Å². The van der Waals surface area contributed by atoms with Crippen LogP contribution in [-0.4, -0.2) is 31.6 Å². The van der Waals surface area contributed by atoms with E-state index in [0.717, 1.165) is 30.2 Å². The van der Waals surface area contributed by atoms with E-state index in [2.05, 4.69) is 10.2 Å². The highest BCUT2D eigenvalue weighted by atomic mass is 32.2. The standard InChI is InChI=1S/C14H14FN3O2S/c1-8-2-5-11(10(15)6-8)18-13(9-3-4-9)16-17-14(18)21-7-12(19)20/h2,5-6,9H,3-4,7H2,1H3,(H,19,20). The average molecular weight is 307 g/mol. The summed E-state index contributed by atoms with van der Waals surface area (Å²) in [5, 5.41) is 17.4. The maximum absolute atomic E-state index is 14.3. The van der Waals surface area contributed by atoms with Crippen molar-refractivity contribution in [3.8, 4) is 5.69 Å². The zero-order chi connectivity index (χ0) is 15.0. The van der Waals surface area contributed by atoms with Crippen LogP contribution in [0.3, 0.4) is 0 Å². The molecular weight excluding hydrogens is 293 g/mol. The molecule has 1 N–H and O–H groups in total. The van der Waals surface area contributed by atoms with E-state index in [4.69, 9.17) is 5.11 Å². The van der Waals surface area contributed by atoms with Gasteiger partial charge in [-0.05, 0) is 37.5 Å². The van der Waals surface area contributed by atoms with Gasteiger partial charge in [0.05, 0.1) is 11.4 Å². The van der Waals surface area contributed by atoms with Gasteiger partial charge in [-0.25, -0.2) is 4.39 Å². The van der Waals surface area contributed by atoms with Crippen LogP contribution >= 0.6 is 11.8 Å². The summed E-state index contributed by atoms with van der Waals surface area (Å²) in [6.07, 6.45) is 2.02. The van der Waals surface area contributed by atoms with E-state index in [1.807, 2.05) is 13.0 Å². The smallest absolute Gasteiger partial charge is 0.313 e. The van der Waals surface area contributed by atoms with Crippen molar-refractivity contribution in [1.29, 1.82) is 0 Å². The lowest BCUT2D eigenvalue weighted by atomic mass is 10.2. The first-order chi connectivity index (χ1) is 10.1. The average Bonchev–Trinajstić information content (AvgIpc) is 3.18. The Morgan fingerprint density at radius 2 is 2.24 bits per heavy atom. The Morgan fingerprint density at radius 1 is 1.48 bits per heavy atom. The van der Waals surface area contributed by atoms with Crippen molar-refractivity contribution in [3.63, 3.8) is 0 Å². The van der Waals surface area contributed by atoms with Gasteiger partial charge in [0.15, 0.2) is 5.16 Å². The van der Waals surface area contributed by atoms with Crippen LogP contribution in [0.2, 0.25) is 0 Å². The minimum Gasteiger partial charge on any atom is -0.481 e. The van der Waals surface area contributed by atoms with Crippen LogP contribution in [0, 0.1) is 12.7 Å². The summed E-state index contributed by atoms with van der Waals surface area (Å²) in [7, 11) is 0. The number of nitrogens with zero attached hydrogens (tertiary/aromatic N) is 3. The molecule has 2 aromatic rings. The molecule has 1 saturated carbocycles. The Bertz CT molecular complexity index is 698. The van der Waals surface area contributed by atoms with Gasteiger partial charge in [-0.3, -0.25) is 9.36 Å². The van der Waals surface area contributed by atoms with Gasteiger partial charge in [0.1, 0.15) is 11.6 Å². The van der Waals surface area contributed by atoms with Crippen molar-refractivity contribution in [2.24, 2.45) is 0 Å². The molecular formula is C14H14FN3O2S. The first-order valence-electron chi connectivity index (χ1n) is 6.62. The molecule has 0 amide bonds. The molecule has 0 saturated heterocycles. The molecule has 7 heteroatoms. The fourth-order valence-electron chi connectivity index (χ4n) is 2.13. The SMILES string of the molecule is Cc1ccc(-n2c(SCC(=O)O)nnc2C2CC2)c(F)c1. The van der Waals surface area contributed by atoms with E-state index >= 15 is 0 Å². The number of carbonyl (C=O) groups is 1. The number of aromatic nitrogens is 3. The molecule has 1 aromatic carbocycles. The van der Waals surface area contributed by atoms with Crippen molar-refractivity contribution in [3.05, 3.63) is 35.4 Å². The second-order valence-electron chi connectivity index (χ2n) is 5.09. The summed E-state index contributed by atoms with van der Waals surface area (Å²) in [5.41, 5.74) is 1.21. The number of hydrogen-bond acceptors (Lipinski definition) is 4. The van der Waals surface area contributed by atoms with Gasteiger partial charge in [0, 0.05) is 5.92 Å². The van der Waals surface area contributed by atoms with E-state index < -0.39 is 5.97 Å². The summed E-state index contributed by atoms with van der Waals surface area (Å²) in [5.74, 6) is -0.417. The Morgan fingerprint density at radius 3 is 2.86 bits per heavy atom. The molecule has 21 heavy (non-hydrogen) atoms. The highest BCUT2D eigenvalue weighted by molar-refractivity contribution is 7.99. The maximum Gasteiger partial charge on any atom is 0.313 e. The number of rotatable bonds is 5. The van der Waals surface area contributed by atoms with Crippen molar-refractivity contribution < 1.29 is 14.3 Å². The lowest BCUT2D eigenvalue weighted by molar-refractivity contribution is -0.133. The summed E-state index contributed by atoms with van der Waals surface area (Å²) in [6, 6.07) is 4.96. The van der Waals surface area contributed by atoms with Gasteiger partial charge in [-0.2, -0.15) is 0 Å². The van der Waals surface area contributed by atoms with Crippen LogP contribution in [0.25, 0.3) is 5.69 Å². The predicted molar refractivity (Wildman–Crippen MR) is 76.4 cm³/mol. The Balaban J connectivity index is 2.05. The van der Waals surface area contributed by atoms with E-state index in [-0.39, 0.29) is 17.5 Å². The largest absolute Gasteiger partial charge is 0.481 e. The molecule has 0 aliphatic heterocycles. The molecule has 0 radical (unpaired) electrons. The number of carboxylic acids is 1. The molecule has 1 aliphatic carbocycles. The molecule has 0 spiro atoms. The predicted octanol–water partition coefficient (Wildman–Crippen LogP) is 2.77. The van der Waals surface area contributed by atoms with Crippen molar-refractivity contribution in [2.45, 2.75) is 30.8 Å². The number of hydrogen-bond donors (Lipinski definition) is 1. The van der Waals surface area contributed by atoms with Crippen molar-refractivity contribution >= 4 is 17.7 Å². The Kier molecular flexibility index (Phi) is 3.67. The first-order valence-corrected chi connectivity index (χ1v) is 7.61. The summed E-state index contributed by atoms with van der Waals surface area (Å²) in [6.45, 7) is 1.82. The Labute approximate surface area is 125 Å². The number of aryl methyl sites for hydroxylation is 1. The van der Waals surface area contributed by atoms with Crippen LogP contribution < -0.4 is 0 Å². The first kappa shape index (κ1) is 14.1. The van der Waals surface area contributed by atoms with E-state index in [9.17, 15) is 9.18 Å². The van der Waals surface area contributed by atoms with Crippen LogP contribution in [0.1, 0.15) is 30.1 Å². The van der Waals surface area contributed by atoms with Crippen molar-refractivity contribution in [2.75, 3.05) is 5.75 Å². The van der Waals surface area contributed by atoms with Crippen LogP contribution in [-0.2, 0) is 4.79 Å². The minimum absolute atomic E-state index is 0.129. The zero-order valence-electron chi connectivity index (χ0n) is 11.4. The molecule has 1 aliphatic rings. The molecule has 110 valence electrons. The summed E-state index contributed by atoms with van der Waals surface area (Å²) >= 11 is 1.05. The quantitative estimate of drug-likeness (QED) is 0.860. The molecule has 1 aromatic heterocycles. The molecule has 1 fully saturated rings. The van der Waals surface area contributed by atoms with Gasteiger partial charge in [0.2, 0.25) is 0 Å². The number of carboxylic acid groups (broad SMARTS) is 1. The third kappa shape index (κ3) is 2.92. The monoisotopic (exact) mass is 307 g/mol. The van der Waals surface area contributed by atoms with Gasteiger partial charge < -0.3 is 5.11 Å². The summed E-state index contributed by atoms with van der Waals surface area (Å²) < 4.78 is 15.9. The van der Waals surface area contributed by atoms with Crippen molar-refractivity contribution in [1.82, 2.24) is 14.8 Å². The fourth-order valence-corrected chi connectivity index (χ4v) is 2.80. The van der Waals surface area contributed by atoms with Crippen LogP contribution in [0.15, 0.2) is 23.4 Å². The lowest BCUT2D eigenvalue weighted by Crippen LogP contribution is -2.06. The molecule has 5 nitrogen and oxygen atoms in total. The molecule has 1 heterocycles. The van der Waals surface area contributed by atoms with Gasteiger partial charge in [-0.1, -0.05) is 17.8 Å². The third-order valence-corrected chi connectivity index (χ3v) is 4.18. The highest BCUT2D eigenvalue weighted by Gasteiger charge is 2.31. The zero-order valence-corrected chi connectivity index (χ0v) is 12.2. The highest BCUT2D eigenvalue weighted by Crippen LogP contribution is 2.41. The second kappa shape index (κ2) is 5.48. The van der Waals surface area contributed by atoms with Crippen LogP contribution in [0.4, 0.5) is 4.39 Å². The normalized spacial score (nSPS) is 14.4. The molecule has 0 bridgehead atoms. The third-order valence-electron chi connectivity index (χ3n) is 3.27. The maximum atomic E-state index is 14.3. The second-order valence-corrected chi connectivity index (χ2v) is 6.03. The summed E-state index contributed by atoms with van der Waals surface area (Å²) in [4.78, 5) is 10.7. The van der Waals surface area contributed by atoms with Gasteiger partial charge in [-0.15, -0.1) is 10.2 Å². The number of benzene rings is 1. The molecule has 0 atom stereocenters. The number of halogens is 1. The number of thioether (sulfide) groups is 1. The van der Waals surface area contributed by atoms with E-state index in [0.29, 0.717) is 16.7 Å². The van der Waals surface area contributed by atoms with Gasteiger partial charge in [0.25, 0.3) is 0 Å². The molecule has 3 rings (SSSR count). The Hall–Kier alpha value is -1.89. The topological polar surface area (TPSA) is 68.0 Å². The van der Waals surface area contributed by atoms with Gasteiger partial charge >= 0.3 is 5.97 Å². The minimum atomic E-state index is -0.938. The number of aliphatic carboxylic acids is 1. The lowest BCUT2D eigenvalue weighted by Gasteiger charge is -2.10. The van der Waals surface area contributed by atoms with Crippen LogP contribution in [0.5, 0.6) is 0 Å². The molecule has 0 unspecified atom stereocenters. The van der Waals surface area contributed by atoms with E-state index in [1.165, 1.54) is 6.07 Å².